The first kappa shape index (κ1) is 31.4. The Morgan fingerprint density at radius 2 is 1.75 bits per heavy atom. The van der Waals surface area contributed by atoms with Crippen molar-refractivity contribution in [2.75, 3.05) is 24.5 Å². The molecule has 214 valence electrons. The van der Waals surface area contributed by atoms with Crippen molar-refractivity contribution in [2.24, 2.45) is 0 Å². The predicted octanol–water partition coefficient (Wildman–Crippen LogP) is 5.56. The average Bonchev–Trinajstić information content (AvgIpc) is 2.94. The number of nitrogens with one attached hydrogen (secondary N) is 1. The van der Waals surface area contributed by atoms with E-state index < -0.39 is 28.5 Å². The molecule has 3 rings (SSSR count). The van der Waals surface area contributed by atoms with Gasteiger partial charge in [0.15, 0.2) is 0 Å². The fraction of sp³-hybridized carbons (Fsp3) is 0.310. The molecule has 1 unspecified atom stereocenters. The lowest BCUT2D eigenvalue weighted by atomic mass is 10.1. The first-order chi connectivity index (χ1) is 19.0. The minimum Gasteiger partial charge on any atom is -0.496 e. The molecule has 3 aromatic rings. The Morgan fingerprint density at radius 1 is 1.07 bits per heavy atom. The number of nitrogens with zero attached hydrogens (tertiary/aromatic N) is 2. The summed E-state index contributed by atoms with van der Waals surface area (Å²) < 4.78 is 34.7. The molecule has 3 aromatic carbocycles. The van der Waals surface area contributed by atoms with Gasteiger partial charge >= 0.3 is 0 Å². The number of rotatable bonds is 12. The Bertz CT molecular complexity index is 1450. The minimum absolute atomic E-state index is 0.0229. The lowest BCUT2D eigenvalue weighted by molar-refractivity contribution is -0.139. The van der Waals surface area contributed by atoms with Crippen LogP contribution in [0, 0.1) is 6.92 Å². The van der Waals surface area contributed by atoms with Crippen LogP contribution in [-0.2, 0) is 26.2 Å². The Morgan fingerprint density at radius 3 is 2.35 bits per heavy atom. The predicted molar refractivity (Wildman–Crippen MR) is 161 cm³/mol. The molecule has 0 heterocycles. The van der Waals surface area contributed by atoms with Gasteiger partial charge in [0.05, 0.1) is 22.2 Å². The number of carbonyl (C=O) groups is 2. The molecule has 0 radical (unpaired) electrons. The molecule has 40 heavy (non-hydrogen) atoms. The highest BCUT2D eigenvalue weighted by molar-refractivity contribution is 9.10. The third kappa shape index (κ3) is 7.56. The summed E-state index contributed by atoms with van der Waals surface area (Å²) >= 11 is 9.74. The van der Waals surface area contributed by atoms with E-state index in [4.69, 9.17) is 16.3 Å². The van der Waals surface area contributed by atoms with E-state index in [0.29, 0.717) is 33.0 Å². The fourth-order valence-electron chi connectivity index (χ4n) is 3.96. The number of aryl methyl sites for hydroxylation is 1. The molecular formula is C29H33BrClN3O5S. The Hall–Kier alpha value is -3.08. The van der Waals surface area contributed by atoms with E-state index in [1.165, 1.54) is 30.2 Å². The van der Waals surface area contributed by atoms with Crippen LogP contribution in [0.3, 0.4) is 0 Å². The minimum atomic E-state index is -4.21. The fourth-order valence-corrected chi connectivity index (χ4v) is 6.29. The van der Waals surface area contributed by atoms with Crippen molar-refractivity contribution in [2.45, 2.75) is 44.7 Å². The summed E-state index contributed by atoms with van der Waals surface area (Å²) in [6, 6.07) is 17.4. The molecular weight excluding hydrogens is 618 g/mol. The summed E-state index contributed by atoms with van der Waals surface area (Å²) in [6.07, 6.45) is 0.730. The normalized spacial score (nSPS) is 11.9. The van der Waals surface area contributed by atoms with Crippen LogP contribution in [0.15, 0.2) is 76.1 Å². The molecule has 0 saturated heterocycles. The SMILES string of the molecule is CCCNC(=O)C(C)N(Cc1ccccc1Cl)C(=O)CN(c1ccc(C)cc1)S(=O)(=O)c1ccc(OC)c(Br)c1. The smallest absolute Gasteiger partial charge is 0.264 e. The molecule has 1 N–H and O–H groups in total. The van der Waals surface area contributed by atoms with E-state index >= 15 is 0 Å². The van der Waals surface area contributed by atoms with Crippen LogP contribution in [-0.4, -0.2) is 51.4 Å². The van der Waals surface area contributed by atoms with Gasteiger partial charge in [0.1, 0.15) is 18.3 Å². The zero-order valence-electron chi connectivity index (χ0n) is 22.9. The molecule has 0 aromatic heterocycles. The summed E-state index contributed by atoms with van der Waals surface area (Å²) in [6.45, 7) is 5.37. The Balaban J connectivity index is 2.05. The van der Waals surface area contributed by atoms with Crippen LogP contribution in [0.1, 0.15) is 31.4 Å². The molecule has 0 fully saturated rings. The number of hydrogen-bond acceptors (Lipinski definition) is 5. The van der Waals surface area contributed by atoms with Crippen LogP contribution < -0.4 is 14.4 Å². The van der Waals surface area contributed by atoms with Gasteiger partial charge in [-0.25, -0.2) is 8.42 Å². The largest absolute Gasteiger partial charge is 0.496 e. The third-order valence-electron chi connectivity index (χ3n) is 6.33. The lowest BCUT2D eigenvalue weighted by Crippen LogP contribution is -2.51. The Labute approximate surface area is 249 Å². The number of ether oxygens (including phenoxy) is 1. The highest BCUT2D eigenvalue weighted by Gasteiger charge is 2.33. The maximum atomic E-state index is 14.0. The van der Waals surface area contributed by atoms with E-state index in [2.05, 4.69) is 21.2 Å². The van der Waals surface area contributed by atoms with E-state index in [1.807, 2.05) is 13.8 Å². The zero-order valence-corrected chi connectivity index (χ0v) is 26.0. The molecule has 0 saturated carbocycles. The van der Waals surface area contributed by atoms with Crippen molar-refractivity contribution in [3.63, 3.8) is 0 Å². The molecule has 11 heteroatoms. The maximum absolute atomic E-state index is 14.0. The van der Waals surface area contributed by atoms with Crippen LogP contribution in [0.5, 0.6) is 5.75 Å². The highest BCUT2D eigenvalue weighted by Crippen LogP contribution is 2.31. The molecule has 0 spiro atoms. The monoisotopic (exact) mass is 649 g/mol. The summed E-state index contributed by atoms with van der Waals surface area (Å²) in [4.78, 5) is 28.2. The van der Waals surface area contributed by atoms with Gasteiger partial charge < -0.3 is 15.0 Å². The first-order valence-electron chi connectivity index (χ1n) is 12.7. The van der Waals surface area contributed by atoms with Crippen molar-refractivity contribution in [1.29, 1.82) is 0 Å². The summed E-state index contributed by atoms with van der Waals surface area (Å²) in [7, 11) is -2.73. The number of halogens is 2. The van der Waals surface area contributed by atoms with E-state index in [0.717, 1.165) is 16.3 Å². The maximum Gasteiger partial charge on any atom is 0.264 e. The number of sulfonamides is 1. The van der Waals surface area contributed by atoms with Crippen molar-refractivity contribution in [3.8, 4) is 5.75 Å². The van der Waals surface area contributed by atoms with Gasteiger partial charge in [0.25, 0.3) is 10.0 Å². The Kier molecular flexibility index (Phi) is 11.0. The van der Waals surface area contributed by atoms with Crippen molar-refractivity contribution < 1.29 is 22.7 Å². The quantitative estimate of drug-likeness (QED) is 0.277. The van der Waals surface area contributed by atoms with Crippen molar-refractivity contribution in [3.05, 3.63) is 87.4 Å². The highest BCUT2D eigenvalue weighted by atomic mass is 79.9. The summed E-state index contributed by atoms with van der Waals surface area (Å²) in [5, 5.41) is 3.26. The first-order valence-corrected chi connectivity index (χ1v) is 15.3. The van der Waals surface area contributed by atoms with Gasteiger partial charge in [-0.2, -0.15) is 0 Å². The van der Waals surface area contributed by atoms with Gasteiger partial charge in [0.2, 0.25) is 11.8 Å². The second-order valence-electron chi connectivity index (χ2n) is 9.22. The number of amides is 2. The van der Waals surface area contributed by atoms with Crippen LogP contribution in [0.4, 0.5) is 5.69 Å². The topological polar surface area (TPSA) is 96.0 Å². The number of carbonyl (C=O) groups excluding carboxylic acids is 2. The molecule has 0 bridgehead atoms. The number of benzene rings is 3. The van der Waals surface area contributed by atoms with Gasteiger partial charge in [0, 0.05) is 18.1 Å². The summed E-state index contributed by atoms with van der Waals surface area (Å²) in [5.41, 5.74) is 1.88. The molecule has 2 amide bonds. The third-order valence-corrected chi connectivity index (χ3v) is 9.09. The van der Waals surface area contributed by atoms with Crippen molar-refractivity contribution in [1.82, 2.24) is 10.2 Å². The number of hydrogen-bond donors (Lipinski definition) is 1. The van der Waals surface area contributed by atoms with Crippen LogP contribution in [0.25, 0.3) is 0 Å². The molecule has 0 aliphatic rings. The molecule has 0 aliphatic heterocycles. The second kappa shape index (κ2) is 14.0. The van der Waals surface area contributed by atoms with Crippen LogP contribution in [0.2, 0.25) is 5.02 Å². The second-order valence-corrected chi connectivity index (χ2v) is 12.3. The number of methoxy groups -OCH3 is 1. The molecule has 0 aliphatic carbocycles. The van der Waals surface area contributed by atoms with E-state index in [-0.39, 0.29) is 17.3 Å². The van der Waals surface area contributed by atoms with Gasteiger partial charge in [-0.3, -0.25) is 13.9 Å². The zero-order chi connectivity index (χ0) is 29.4. The molecule has 8 nitrogen and oxygen atoms in total. The van der Waals surface area contributed by atoms with Crippen molar-refractivity contribution >= 4 is 55.1 Å². The summed E-state index contributed by atoms with van der Waals surface area (Å²) in [5.74, 6) is -0.434. The number of anilines is 1. The van der Waals surface area contributed by atoms with Gasteiger partial charge in [-0.15, -0.1) is 0 Å². The average molecular weight is 651 g/mol. The molecule has 1 atom stereocenters. The van der Waals surface area contributed by atoms with E-state index in [1.54, 1.807) is 55.5 Å². The van der Waals surface area contributed by atoms with Gasteiger partial charge in [-0.05, 0) is 78.2 Å². The van der Waals surface area contributed by atoms with E-state index in [9.17, 15) is 18.0 Å². The van der Waals surface area contributed by atoms with Gasteiger partial charge in [-0.1, -0.05) is 54.4 Å². The van der Waals surface area contributed by atoms with Crippen LogP contribution >= 0.6 is 27.5 Å². The standard InChI is InChI=1S/C29H33BrClN3O5S/c1-5-16-32-29(36)21(3)33(18-22-8-6-7-9-26(22)31)28(35)19-34(23-12-10-20(2)11-13-23)40(37,38)24-14-15-27(39-4)25(30)17-24/h6-15,17,21H,5,16,18-19H2,1-4H3,(H,32,36). The lowest BCUT2D eigenvalue weighted by Gasteiger charge is -2.32.